The van der Waals surface area contributed by atoms with Crippen LogP contribution < -0.4 is 4.72 Å². The molecule has 19 heavy (non-hydrogen) atoms. The highest BCUT2D eigenvalue weighted by Gasteiger charge is 2.23. The fourth-order valence-corrected chi connectivity index (χ4v) is 4.73. The van der Waals surface area contributed by atoms with Crippen LogP contribution in [-0.4, -0.2) is 24.5 Å². The van der Waals surface area contributed by atoms with Crippen molar-refractivity contribution in [2.75, 3.05) is 4.72 Å². The molecule has 2 N–H and O–H groups in total. The van der Waals surface area contributed by atoms with E-state index in [2.05, 4.69) is 25.6 Å². The Bertz CT molecular complexity index is 712. The second kappa shape index (κ2) is 5.27. The van der Waals surface area contributed by atoms with Crippen LogP contribution in [0, 0.1) is 0 Å². The molecule has 0 fully saturated rings. The topological polar surface area (TPSA) is 96.4 Å². The van der Waals surface area contributed by atoms with Gasteiger partial charge >= 0.3 is 5.97 Å². The van der Waals surface area contributed by atoms with E-state index in [4.69, 9.17) is 5.11 Å². The molecule has 0 aliphatic carbocycles. The molecule has 0 unspecified atom stereocenters. The minimum atomic E-state index is -3.83. The maximum atomic E-state index is 12.1. The molecule has 0 bridgehead atoms. The number of hydrogen-bond donors (Lipinski definition) is 2. The number of carboxylic acids is 1. The Labute approximate surface area is 121 Å². The molecular formula is C10H7BrN2O4S2. The zero-order valence-electron chi connectivity index (χ0n) is 9.20. The minimum Gasteiger partial charge on any atom is -0.477 e. The van der Waals surface area contributed by atoms with Crippen LogP contribution in [0.25, 0.3) is 0 Å². The first-order valence-corrected chi connectivity index (χ1v) is 7.95. The highest BCUT2D eigenvalue weighted by atomic mass is 79.9. The first-order chi connectivity index (χ1) is 8.90. The van der Waals surface area contributed by atoms with E-state index in [0.29, 0.717) is 5.69 Å². The van der Waals surface area contributed by atoms with Crippen molar-refractivity contribution < 1.29 is 18.3 Å². The Morgan fingerprint density at radius 3 is 2.53 bits per heavy atom. The summed E-state index contributed by atoms with van der Waals surface area (Å²) < 4.78 is 26.8. The van der Waals surface area contributed by atoms with Gasteiger partial charge in [-0.3, -0.25) is 9.71 Å². The number of rotatable bonds is 4. The lowest BCUT2D eigenvalue weighted by Crippen LogP contribution is -2.12. The number of carboxylic acid groups (broad SMARTS) is 1. The van der Waals surface area contributed by atoms with Gasteiger partial charge in [-0.25, -0.2) is 13.2 Å². The summed E-state index contributed by atoms with van der Waals surface area (Å²) in [5, 5.41) is 8.84. The van der Waals surface area contributed by atoms with Crippen molar-refractivity contribution in [3.05, 3.63) is 39.3 Å². The number of hydrogen-bond acceptors (Lipinski definition) is 5. The summed E-state index contributed by atoms with van der Waals surface area (Å²) >= 11 is 3.90. The quantitative estimate of drug-likeness (QED) is 0.870. The number of carbonyl (C=O) groups is 1. The van der Waals surface area contributed by atoms with Gasteiger partial charge in [0.15, 0.2) is 0 Å². The normalized spacial score (nSPS) is 11.2. The van der Waals surface area contributed by atoms with Crippen molar-refractivity contribution in [1.29, 1.82) is 0 Å². The van der Waals surface area contributed by atoms with Gasteiger partial charge in [-0.2, -0.15) is 0 Å². The Balaban J connectivity index is 2.37. The molecule has 100 valence electrons. The summed E-state index contributed by atoms with van der Waals surface area (Å²) in [5.41, 5.74) is 0.352. The minimum absolute atomic E-state index is 0.0537. The van der Waals surface area contributed by atoms with E-state index in [0.717, 1.165) is 17.4 Å². The Morgan fingerprint density at radius 2 is 2.00 bits per heavy atom. The lowest BCUT2D eigenvalue weighted by Gasteiger charge is -2.06. The molecule has 2 rings (SSSR count). The van der Waals surface area contributed by atoms with Crippen LogP contribution in [-0.2, 0) is 10.0 Å². The molecule has 6 nitrogen and oxygen atoms in total. The molecule has 0 aliphatic rings. The Kier molecular flexibility index (Phi) is 3.88. The molecular weight excluding hydrogens is 356 g/mol. The van der Waals surface area contributed by atoms with Crippen LogP contribution in [0.4, 0.5) is 5.69 Å². The maximum Gasteiger partial charge on any atom is 0.345 e. The van der Waals surface area contributed by atoms with Gasteiger partial charge in [0.25, 0.3) is 10.0 Å². The number of pyridine rings is 1. The third-order valence-corrected chi connectivity index (χ3v) is 5.71. The molecule has 0 aliphatic heterocycles. The van der Waals surface area contributed by atoms with Crippen LogP contribution in [0.5, 0.6) is 0 Å². The van der Waals surface area contributed by atoms with E-state index in [9.17, 15) is 13.2 Å². The fraction of sp³-hybridized carbons (Fsp3) is 0. The predicted molar refractivity (Wildman–Crippen MR) is 74.0 cm³/mol. The number of thiophene rings is 1. The van der Waals surface area contributed by atoms with Gasteiger partial charge in [-0.05, 0) is 34.1 Å². The molecule has 9 heteroatoms. The highest BCUT2D eigenvalue weighted by molar-refractivity contribution is 9.11. The molecule has 0 spiro atoms. The molecule has 0 aromatic carbocycles. The van der Waals surface area contributed by atoms with E-state index >= 15 is 0 Å². The van der Waals surface area contributed by atoms with Gasteiger partial charge in [0.05, 0.1) is 9.47 Å². The fourth-order valence-electron chi connectivity index (χ4n) is 1.27. The van der Waals surface area contributed by atoms with E-state index in [1.165, 1.54) is 24.5 Å². The summed E-state index contributed by atoms with van der Waals surface area (Å²) in [6, 6.07) is 4.10. The molecule has 0 saturated carbocycles. The largest absolute Gasteiger partial charge is 0.477 e. The summed E-state index contributed by atoms with van der Waals surface area (Å²) in [4.78, 5) is 14.4. The molecule has 2 heterocycles. The Morgan fingerprint density at radius 1 is 1.37 bits per heavy atom. The molecule has 0 radical (unpaired) electrons. The van der Waals surface area contributed by atoms with E-state index in [-0.39, 0.29) is 13.6 Å². The summed E-state index contributed by atoms with van der Waals surface area (Å²) in [6.07, 6.45) is 2.90. The van der Waals surface area contributed by atoms with Gasteiger partial charge in [0.1, 0.15) is 9.77 Å². The lowest BCUT2D eigenvalue weighted by atomic mass is 10.4. The van der Waals surface area contributed by atoms with Crippen LogP contribution in [0.15, 0.2) is 39.3 Å². The van der Waals surface area contributed by atoms with Gasteiger partial charge in [-0.1, -0.05) is 0 Å². The van der Waals surface area contributed by atoms with Crippen molar-refractivity contribution in [3.8, 4) is 0 Å². The SMILES string of the molecule is O=C(O)c1cc(S(=O)(=O)Nc2ccncc2)c(Br)s1. The van der Waals surface area contributed by atoms with Crippen molar-refractivity contribution >= 4 is 48.9 Å². The number of anilines is 1. The summed E-state index contributed by atoms with van der Waals surface area (Å²) in [7, 11) is -3.83. The number of nitrogens with one attached hydrogen (secondary N) is 1. The second-order valence-electron chi connectivity index (χ2n) is 3.40. The van der Waals surface area contributed by atoms with Gasteiger partial charge in [0, 0.05) is 12.4 Å². The van der Waals surface area contributed by atoms with Crippen molar-refractivity contribution in [3.63, 3.8) is 0 Å². The smallest absolute Gasteiger partial charge is 0.345 e. The van der Waals surface area contributed by atoms with Crippen molar-refractivity contribution in [1.82, 2.24) is 4.98 Å². The molecule has 0 atom stereocenters. The van der Waals surface area contributed by atoms with Crippen molar-refractivity contribution in [2.24, 2.45) is 0 Å². The number of aromatic carboxylic acids is 1. The van der Waals surface area contributed by atoms with Crippen LogP contribution in [0.3, 0.4) is 0 Å². The van der Waals surface area contributed by atoms with E-state index < -0.39 is 16.0 Å². The maximum absolute atomic E-state index is 12.1. The zero-order valence-corrected chi connectivity index (χ0v) is 12.4. The van der Waals surface area contributed by atoms with Crippen LogP contribution in [0.1, 0.15) is 9.67 Å². The number of sulfonamides is 1. The summed E-state index contributed by atoms with van der Waals surface area (Å²) in [5.74, 6) is -1.17. The molecule has 0 amide bonds. The van der Waals surface area contributed by atoms with E-state index in [1.807, 2.05) is 0 Å². The van der Waals surface area contributed by atoms with E-state index in [1.54, 1.807) is 0 Å². The lowest BCUT2D eigenvalue weighted by molar-refractivity contribution is 0.0702. The first-order valence-electron chi connectivity index (χ1n) is 4.85. The van der Waals surface area contributed by atoms with Gasteiger partial charge in [-0.15, -0.1) is 11.3 Å². The zero-order chi connectivity index (χ0) is 14.0. The van der Waals surface area contributed by atoms with Crippen LogP contribution in [0.2, 0.25) is 0 Å². The average molecular weight is 363 g/mol. The predicted octanol–water partition coefficient (Wildman–Crippen LogP) is 2.40. The summed E-state index contributed by atoms with van der Waals surface area (Å²) in [6.45, 7) is 0. The monoisotopic (exact) mass is 362 g/mol. The number of halogens is 1. The average Bonchev–Trinajstić information content (AvgIpc) is 2.73. The highest BCUT2D eigenvalue weighted by Crippen LogP contribution is 2.32. The molecule has 2 aromatic rings. The third kappa shape index (κ3) is 3.11. The number of nitrogens with zero attached hydrogens (tertiary/aromatic N) is 1. The number of aromatic nitrogens is 1. The van der Waals surface area contributed by atoms with Crippen molar-refractivity contribution in [2.45, 2.75) is 4.90 Å². The van der Waals surface area contributed by atoms with Crippen LogP contribution >= 0.6 is 27.3 Å². The van der Waals surface area contributed by atoms with Gasteiger partial charge < -0.3 is 5.11 Å². The third-order valence-electron chi connectivity index (χ3n) is 2.09. The Hall–Kier alpha value is -1.45. The standard InChI is InChI=1S/C10H7BrN2O4S2/c11-9-8(5-7(18-9)10(14)15)19(16,17)13-6-1-3-12-4-2-6/h1-5H,(H,12,13)(H,14,15). The van der Waals surface area contributed by atoms with Gasteiger partial charge in [0.2, 0.25) is 0 Å². The second-order valence-corrected chi connectivity index (χ2v) is 7.42. The molecule has 2 aromatic heterocycles. The molecule has 0 saturated heterocycles. The first kappa shape index (κ1) is 14.0.